The maximum absolute atomic E-state index is 11.9. The van der Waals surface area contributed by atoms with Gasteiger partial charge in [0.2, 0.25) is 0 Å². The average Bonchev–Trinajstić information content (AvgIpc) is 2.53. The second kappa shape index (κ2) is 7.53. The number of carbonyl (C=O) groups is 2. The second-order valence-corrected chi connectivity index (χ2v) is 6.74. The lowest BCUT2D eigenvalue weighted by molar-refractivity contribution is -0.136. The normalized spacial score (nSPS) is 14.7. The predicted molar refractivity (Wildman–Crippen MR) is 89.2 cm³/mol. The van der Waals surface area contributed by atoms with Gasteiger partial charge < -0.3 is 25.2 Å². The molecule has 24 heavy (non-hydrogen) atoms. The van der Waals surface area contributed by atoms with Gasteiger partial charge in [0, 0.05) is 18.3 Å². The van der Waals surface area contributed by atoms with Crippen molar-refractivity contribution in [2.75, 3.05) is 25.1 Å². The number of aliphatic hydroxyl groups is 1. The lowest BCUT2D eigenvalue weighted by atomic mass is 9.87. The number of amides is 2. The fraction of sp³-hybridized carbons (Fsp3) is 0.529. The smallest absolute Gasteiger partial charge is 0.313 e. The molecule has 7 heteroatoms. The first kappa shape index (κ1) is 18.1. The van der Waals surface area contributed by atoms with Gasteiger partial charge in [0.25, 0.3) is 0 Å². The Kier molecular flexibility index (Phi) is 5.66. The minimum atomic E-state index is -0.767. The minimum Gasteiger partial charge on any atom is -0.486 e. The maximum atomic E-state index is 11.9. The summed E-state index contributed by atoms with van der Waals surface area (Å²) in [6.45, 7) is 6.89. The molecule has 1 unspecified atom stereocenters. The number of fused-ring (bicyclic) bond motifs is 1. The molecule has 0 saturated carbocycles. The molecule has 3 N–H and O–H groups in total. The highest BCUT2D eigenvalue weighted by Gasteiger charge is 2.22. The third kappa shape index (κ3) is 4.86. The molecule has 0 aromatic heterocycles. The van der Waals surface area contributed by atoms with E-state index >= 15 is 0 Å². The first-order valence-electron chi connectivity index (χ1n) is 7.94. The molecule has 7 nitrogen and oxygen atoms in total. The summed E-state index contributed by atoms with van der Waals surface area (Å²) in [5.74, 6) is -0.365. The number of anilines is 1. The zero-order valence-electron chi connectivity index (χ0n) is 14.2. The molecule has 2 rings (SSSR count). The van der Waals surface area contributed by atoms with Gasteiger partial charge in [-0.3, -0.25) is 9.59 Å². The summed E-state index contributed by atoms with van der Waals surface area (Å²) in [4.78, 5) is 23.7. The van der Waals surface area contributed by atoms with Crippen LogP contribution >= 0.6 is 0 Å². The number of hydrogen-bond acceptors (Lipinski definition) is 5. The minimum absolute atomic E-state index is 0.228. The standard InChI is InChI=1S/C17H24N2O5/c1-17(2,3)14(20)6-7-18-15(21)16(22)19-11-4-5-12-13(10-11)24-9-8-23-12/h4-5,10,14,20H,6-9H2,1-3H3,(H,18,21)(H,19,22). The summed E-state index contributed by atoms with van der Waals surface area (Å²) >= 11 is 0. The summed E-state index contributed by atoms with van der Waals surface area (Å²) < 4.78 is 10.8. The fourth-order valence-corrected chi connectivity index (χ4v) is 2.14. The van der Waals surface area contributed by atoms with Crippen molar-refractivity contribution in [1.82, 2.24) is 5.32 Å². The number of hydrogen-bond donors (Lipinski definition) is 3. The molecule has 1 heterocycles. The lowest BCUT2D eigenvalue weighted by Crippen LogP contribution is -2.38. The Morgan fingerprint density at radius 1 is 1.17 bits per heavy atom. The summed E-state index contributed by atoms with van der Waals surface area (Å²) in [7, 11) is 0. The SMILES string of the molecule is CC(C)(C)C(O)CCNC(=O)C(=O)Nc1ccc2c(c1)OCCO2. The number of ether oxygens (including phenoxy) is 2. The first-order chi connectivity index (χ1) is 11.3. The van der Waals surface area contributed by atoms with Crippen molar-refractivity contribution in [1.29, 1.82) is 0 Å². The van der Waals surface area contributed by atoms with Crippen LogP contribution in [-0.4, -0.2) is 42.8 Å². The van der Waals surface area contributed by atoms with Crippen LogP contribution in [0.25, 0.3) is 0 Å². The summed E-state index contributed by atoms with van der Waals surface area (Å²) in [6.07, 6.45) is -0.175. The van der Waals surface area contributed by atoms with Gasteiger partial charge in [0.05, 0.1) is 6.10 Å². The third-order valence-corrected chi connectivity index (χ3v) is 3.71. The van der Waals surface area contributed by atoms with Crippen LogP contribution in [-0.2, 0) is 9.59 Å². The van der Waals surface area contributed by atoms with Crippen LogP contribution in [0.15, 0.2) is 18.2 Å². The van der Waals surface area contributed by atoms with Crippen LogP contribution in [0, 0.1) is 5.41 Å². The number of benzene rings is 1. The summed E-state index contributed by atoms with van der Waals surface area (Å²) in [5, 5.41) is 14.9. The van der Waals surface area contributed by atoms with Crippen LogP contribution in [0.3, 0.4) is 0 Å². The molecule has 0 bridgehead atoms. The Labute approximate surface area is 141 Å². The largest absolute Gasteiger partial charge is 0.486 e. The van der Waals surface area contributed by atoms with E-state index in [1.54, 1.807) is 18.2 Å². The van der Waals surface area contributed by atoms with Crippen molar-refractivity contribution in [3.05, 3.63) is 18.2 Å². The highest BCUT2D eigenvalue weighted by atomic mass is 16.6. The topological polar surface area (TPSA) is 96.9 Å². The summed E-state index contributed by atoms with van der Waals surface area (Å²) in [5.41, 5.74) is 0.187. The van der Waals surface area contributed by atoms with Gasteiger partial charge in [-0.1, -0.05) is 20.8 Å². The van der Waals surface area contributed by atoms with Gasteiger partial charge in [-0.2, -0.15) is 0 Å². The van der Waals surface area contributed by atoms with E-state index in [2.05, 4.69) is 10.6 Å². The Hall–Kier alpha value is -2.28. The van der Waals surface area contributed by atoms with Gasteiger partial charge >= 0.3 is 11.8 Å². The van der Waals surface area contributed by atoms with Crippen molar-refractivity contribution in [3.8, 4) is 11.5 Å². The molecule has 1 aromatic rings. The number of carbonyl (C=O) groups excluding carboxylic acids is 2. The highest BCUT2D eigenvalue weighted by Crippen LogP contribution is 2.32. The molecule has 0 saturated heterocycles. The van der Waals surface area contributed by atoms with Crippen LogP contribution in [0.5, 0.6) is 11.5 Å². The molecular formula is C17H24N2O5. The van der Waals surface area contributed by atoms with Crippen LogP contribution in [0.2, 0.25) is 0 Å². The zero-order valence-corrected chi connectivity index (χ0v) is 14.2. The van der Waals surface area contributed by atoms with Crippen LogP contribution < -0.4 is 20.1 Å². The molecule has 2 amide bonds. The monoisotopic (exact) mass is 336 g/mol. The number of aliphatic hydroxyl groups excluding tert-OH is 1. The van der Waals surface area contributed by atoms with Gasteiger partial charge in [-0.25, -0.2) is 0 Å². The zero-order chi connectivity index (χ0) is 17.7. The maximum Gasteiger partial charge on any atom is 0.313 e. The first-order valence-corrected chi connectivity index (χ1v) is 7.94. The van der Waals surface area contributed by atoms with Crippen LogP contribution in [0.1, 0.15) is 27.2 Å². The van der Waals surface area contributed by atoms with Gasteiger partial charge in [0.1, 0.15) is 13.2 Å². The average molecular weight is 336 g/mol. The number of rotatable bonds is 4. The fourth-order valence-electron chi connectivity index (χ4n) is 2.14. The van der Waals surface area contributed by atoms with Crippen molar-refractivity contribution >= 4 is 17.5 Å². The molecule has 1 atom stereocenters. The summed E-state index contributed by atoms with van der Waals surface area (Å²) in [6, 6.07) is 4.94. The van der Waals surface area contributed by atoms with E-state index in [-0.39, 0.29) is 12.0 Å². The highest BCUT2D eigenvalue weighted by molar-refractivity contribution is 6.39. The van der Waals surface area contributed by atoms with Gasteiger partial charge in [-0.15, -0.1) is 0 Å². The molecule has 0 spiro atoms. The van der Waals surface area contributed by atoms with E-state index in [9.17, 15) is 14.7 Å². The molecule has 0 fully saturated rings. The number of nitrogens with one attached hydrogen (secondary N) is 2. The Bertz CT molecular complexity index is 609. The van der Waals surface area contributed by atoms with Gasteiger partial charge in [-0.05, 0) is 24.0 Å². The van der Waals surface area contributed by atoms with Crippen molar-refractivity contribution in [2.45, 2.75) is 33.3 Å². The molecule has 0 radical (unpaired) electrons. The Morgan fingerprint density at radius 3 is 2.50 bits per heavy atom. The molecule has 1 aliphatic rings. The Morgan fingerprint density at radius 2 is 1.83 bits per heavy atom. The van der Waals surface area contributed by atoms with Crippen molar-refractivity contribution in [2.24, 2.45) is 5.41 Å². The Balaban J connectivity index is 1.82. The van der Waals surface area contributed by atoms with E-state index in [0.29, 0.717) is 36.8 Å². The van der Waals surface area contributed by atoms with Gasteiger partial charge in [0.15, 0.2) is 11.5 Å². The quantitative estimate of drug-likeness (QED) is 0.720. The molecule has 0 aliphatic carbocycles. The van der Waals surface area contributed by atoms with E-state index in [1.165, 1.54) is 0 Å². The second-order valence-electron chi connectivity index (χ2n) is 6.74. The molecular weight excluding hydrogens is 312 g/mol. The molecule has 1 aromatic carbocycles. The van der Waals surface area contributed by atoms with E-state index in [0.717, 1.165) is 0 Å². The third-order valence-electron chi connectivity index (χ3n) is 3.71. The molecule has 1 aliphatic heterocycles. The van der Waals surface area contributed by atoms with Crippen LogP contribution in [0.4, 0.5) is 5.69 Å². The lowest BCUT2D eigenvalue weighted by Gasteiger charge is -2.25. The predicted octanol–water partition coefficient (Wildman–Crippen LogP) is 1.31. The van der Waals surface area contributed by atoms with E-state index in [4.69, 9.17) is 9.47 Å². The van der Waals surface area contributed by atoms with E-state index < -0.39 is 17.9 Å². The van der Waals surface area contributed by atoms with Crippen molar-refractivity contribution < 1.29 is 24.2 Å². The molecule has 132 valence electrons. The van der Waals surface area contributed by atoms with E-state index in [1.807, 2.05) is 20.8 Å². The van der Waals surface area contributed by atoms with Crippen molar-refractivity contribution in [3.63, 3.8) is 0 Å².